The first-order chi connectivity index (χ1) is 32.5. The second-order valence-electron chi connectivity index (χ2n) is 20.7. The van der Waals surface area contributed by atoms with E-state index in [0.717, 1.165) is 38.5 Å². The molecule has 0 rings (SSSR count). The van der Waals surface area contributed by atoms with Gasteiger partial charge in [-0.25, -0.2) is 0 Å². The fraction of sp³-hybridized carbons (Fsp3) is 0.933. The van der Waals surface area contributed by atoms with Crippen LogP contribution in [0.3, 0.4) is 0 Å². The third kappa shape index (κ3) is 52.0. The Kier molecular flexibility index (Phi) is 55.0. The molecular formula is C60H117NO5. The van der Waals surface area contributed by atoms with Crippen LogP contribution in [0, 0.1) is 0 Å². The molecule has 0 aliphatic rings. The molecule has 392 valence electrons. The summed E-state index contributed by atoms with van der Waals surface area (Å²) in [6, 6.07) is -0.625. The Hall–Kier alpha value is -1.40. The summed E-state index contributed by atoms with van der Waals surface area (Å²) in [6.45, 7) is 4.91. The predicted octanol–water partition coefficient (Wildman–Crippen LogP) is 18.5. The smallest absolute Gasteiger partial charge is 0.305 e. The lowest BCUT2D eigenvalue weighted by molar-refractivity contribution is -0.143. The van der Waals surface area contributed by atoms with Crippen molar-refractivity contribution in [3.63, 3.8) is 0 Å². The van der Waals surface area contributed by atoms with Crippen molar-refractivity contribution in [2.24, 2.45) is 0 Å². The molecule has 3 N–H and O–H groups in total. The zero-order valence-electron chi connectivity index (χ0n) is 44.7. The highest BCUT2D eigenvalue weighted by Gasteiger charge is 2.18. The molecule has 0 radical (unpaired) electrons. The Morgan fingerprint density at radius 2 is 0.697 bits per heavy atom. The van der Waals surface area contributed by atoms with Crippen molar-refractivity contribution in [3.05, 3.63) is 12.2 Å². The Bertz CT molecular complexity index is 986. The fourth-order valence-corrected chi connectivity index (χ4v) is 9.46. The number of carbonyl (C=O) groups excluding carboxylic acids is 2. The summed E-state index contributed by atoms with van der Waals surface area (Å²) in [5, 5.41) is 23.0. The molecule has 0 aromatic carbocycles. The molecule has 0 bridgehead atoms. The Morgan fingerprint density at radius 1 is 0.409 bits per heavy atom. The largest absolute Gasteiger partial charge is 0.466 e. The fourth-order valence-electron chi connectivity index (χ4n) is 9.46. The molecule has 0 saturated carbocycles. The number of esters is 1. The number of unbranched alkanes of at least 4 members (excludes halogenated alkanes) is 45. The van der Waals surface area contributed by atoms with Gasteiger partial charge in [-0.15, -0.1) is 0 Å². The monoisotopic (exact) mass is 932 g/mol. The molecule has 0 heterocycles. The number of aliphatic hydroxyl groups excluding tert-OH is 2. The van der Waals surface area contributed by atoms with Gasteiger partial charge in [-0.05, 0) is 32.1 Å². The normalized spacial score (nSPS) is 12.6. The van der Waals surface area contributed by atoms with Crippen LogP contribution in [0.25, 0.3) is 0 Å². The first-order valence-electron chi connectivity index (χ1n) is 30.0. The van der Waals surface area contributed by atoms with E-state index in [-0.39, 0.29) is 18.5 Å². The number of carbonyl (C=O) groups is 2. The van der Waals surface area contributed by atoms with Crippen LogP contribution in [0.15, 0.2) is 12.2 Å². The van der Waals surface area contributed by atoms with Gasteiger partial charge in [0, 0.05) is 12.8 Å². The number of nitrogens with one attached hydrogen (secondary N) is 1. The number of hydrogen-bond acceptors (Lipinski definition) is 5. The van der Waals surface area contributed by atoms with Gasteiger partial charge in [0.2, 0.25) is 5.91 Å². The summed E-state index contributed by atoms with van der Waals surface area (Å²) >= 11 is 0. The van der Waals surface area contributed by atoms with Gasteiger partial charge in [0.25, 0.3) is 0 Å². The number of hydrogen-bond donors (Lipinski definition) is 3. The van der Waals surface area contributed by atoms with Gasteiger partial charge in [0.15, 0.2) is 0 Å². The molecule has 6 heteroatoms. The molecular weight excluding hydrogens is 815 g/mol. The second kappa shape index (κ2) is 56.2. The van der Waals surface area contributed by atoms with E-state index >= 15 is 0 Å². The molecule has 0 aromatic heterocycles. The Balaban J connectivity index is 3.35. The van der Waals surface area contributed by atoms with E-state index in [1.165, 1.54) is 270 Å². The summed E-state index contributed by atoms with van der Waals surface area (Å²) < 4.78 is 5.49. The van der Waals surface area contributed by atoms with E-state index in [0.29, 0.717) is 19.4 Å². The van der Waals surface area contributed by atoms with Crippen LogP contribution in [0.4, 0.5) is 0 Å². The minimum absolute atomic E-state index is 0.0171. The third-order valence-corrected chi connectivity index (χ3v) is 14.1. The topological polar surface area (TPSA) is 95.9 Å². The highest BCUT2D eigenvalue weighted by atomic mass is 16.5. The molecule has 2 atom stereocenters. The van der Waals surface area contributed by atoms with Crippen LogP contribution >= 0.6 is 0 Å². The van der Waals surface area contributed by atoms with E-state index in [4.69, 9.17) is 4.74 Å². The van der Waals surface area contributed by atoms with E-state index in [2.05, 4.69) is 19.2 Å². The van der Waals surface area contributed by atoms with Gasteiger partial charge in [0.05, 0.1) is 25.4 Å². The van der Waals surface area contributed by atoms with Gasteiger partial charge in [-0.3, -0.25) is 9.59 Å². The molecule has 0 spiro atoms. The Morgan fingerprint density at radius 3 is 1.03 bits per heavy atom. The number of amides is 1. The molecule has 0 aliphatic heterocycles. The summed E-state index contributed by atoms with van der Waals surface area (Å²) in [6.07, 6.45) is 66.8. The zero-order chi connectivity index (χ0) is 47.9. The van der Waals surface area contributed by atoms with Gasteiger partial charge < -0.3 is 20.3 Å². The molecule has 1 amide bonds. The van der Waals surface area contributed by atoms with Crippen molar-refractivity contribution in [1.82, 2.24) is 5.32 Å². The quantitative estimate of drug-likeness (QED) is 0.0321. The average Bonchev–Trinajstić information content (AvgIpc) is 3.32. The van der Waals surface area contributed by atoms with E-state index in [9.17, 15) is 19.8 Å². The van der Waals surface area contributed by atoms with Crippen LogP contribution in [-0.2, 0) is 14.3 Å². The lowest BCUT2D eigenvalue weighted by atomic mass is 10.0. The lowest BCUT2D eigenvalue weighted by Gasteiger charge is -2.20. The van der Waals surface area contributed by atoms with Crippen LogP contribution < -0.4 is 5.32 Å². The Labute approximate surface area is 412 Å². The highest BCUT2D eigenvalue weighted by molar-refractivity contribution is 5.76. The number of aliphatic hydroxyl groups is 2. The molecule has 0 fully saturated rings. The van der Waals surface area contributed by atoms with Crippen molar-refractivity contribution in [2.75, 3.05) is 13.2 Å². The van der Waals surface area contributed by atoms with Crippen LogP contribution in [-0.4, -0.2) is 47.4 Å². The van der Waals surface area contributed by atoms with Crippen LogP contribution in [0.2, 0.25) is 0 Å². The molecule has 0 aliphatic carbocycles. The number of allylic oxidation sites excluding steroid dienone is 1. The number of ether oxygens (including phenoxy) is 1. The summed E-state index contributed by atoms with van der Waals surface area (Å²) in [4.78, 5) is 24.5. The minimum atomic E-state index is -0.841. The molecule has 0 aromatic rings. The van der Waals surface area contributed by atoms with Crippen molar-refractivity contribution in [3.8, 4) is 0 Å². The van der Waals surface area contributed by atoms with E-state index < -0.39 is 12.1 Å². The van der Waals surface area contributed by atoms with E-state index in [1.807, 2.05) is 6.08 Å². The molecule has 6 nitrogen and oxygen atoms in total. The highest BCUT2D eigenvalue weighted by Crippen LogP contribution is 2.18. The van der Waals surface area contributed by atoms with Crippen molar-refractivity contribution in [1.29, 1.82) is 0 Å². The first-order valence-corrected chi connectivity index (χ1v) is 30.0. The van der Waals surface area contributed by atoms with Crippen molar-refractivity contribution < 1.29 is 24.5 Å². The maximum Gasteiger partial charge on any atom is 0.305 e. The summed E-state index contributed by atoms with van der Waals surface area (Å²) in [5.41, 5.74) is 0. The van der Waals surface area contributed by atoms with Gasteiger partial charge >= 0.3 is 5.97 Å². The van der Waals surface area contributed by atoms with Crippen LogP contribution in [0.5, 0.6) is 0 Å². The standard InChI is InChI=1S/C60H117NO5/c1-3-5-7-9-11-13-15-16-26-30-34-38-42-46-50-54-60(65)66-55-51-47-43-39-35-31-28-25-23-21-19-17-18-20-22-24-27-29-33-37-41-45-49-53-59(64)61-57(56-62)58(63)52-48-44-40-36-32-14-12-10-8-6-4-2/h48,52,57-58,62-63H,3-47,49-51,53-56H2,1-2H3,(H,61,64)/b52-48+. The van der Waals surface area contributed by atoms with Crippen LogP contribution in [0.1, 0.15) is 335 Å². The van der Waals surface area contributed by atoms with Crippen molar-refractivity contribution in [2.45, 2.75) is 347 Å². The first kappa shape index (κ1) is 64.6. The van der Waals surface area contributed by atoms with Crippen molar-refractivity contribution >= 4 is 11.9 Å². The number of rotatable bonds is 56. The lowest BCUT2D eigenvalue weighted by Crippen LogP contribution is -2.45. The van der Waals surface area contributed by atoms with Gasteiger partial charge in [0.1, 0.15) is 0 Å². The second-order valence-corrected chi connectivity index (χ2v) is 20.7. The third-order valence-electron chi connectivity index (χ3n) is 14.1. The summed E-state index contributed by atoms with van der Waals surface area (Å²) in [5.74, 6) is -0.0502. The van der Waals surface area contributed by atoms with Gasteiger partial charge in [-0.2, -0.15) is 0 Å². The predicted molar refractivity (Wildman–Crippen MR) is 287 cm³/mol. The summed E-state index contributed by atoms with van der Waals surface area (Å²) in [7, 11) is 0. The maximum absolute atomic E-state index is 12.4. The molecule has 2 unspecified atom stereocenters. The minimum Gasteiger partial charge on any atom is -0.466 e. The molecule has 0 saturated heterocycles. The van der Waals surface area contributed by atoms with E-state index in [1.54, 1.807) is 6.08 Å². The maximum atomic E-state index is 12.4. The zero-order valence-corrected chi connectivity index (χ0v) is 44.7. The van der Waals surface area contributed by atoms with Gasteiger partial charge in [-0.1, -0.05) is 302 Å². The average molecular weight is 933 g/mol. The SMILES string of the molecule is CCCCCCCCCCC/C=C/C(O)C(CO)NC(=O)CCCCCCCCCCCCCCCCCCCCCCCCCOC(=O)CCCCCCCCCCCCCCCCC. The molecule has 66 heavy (non-hydrogen) atoms.